The van der Waals surface area contributed by atoms with Crippen molar-refractivity contribution in [1.82, 2.24) is 15.2 Å². The lowest BCUT2D eigenvalue weighted by atomic mass is 9.84. The molecule has 2 aromatic heterocycles. The predicted molar refractivity (Wildman–Crippen MR) is 113 cm³/mol. The second kappa shape index (κ2) is 9.59. The van der Waals surface area contributed by atoms with Crippen LogP contribution in [-0.4, -0.2) is 66.3 Å². The van der Waals surface area contributed by atoms with Gasteiger partial charge in [0.15, 0.2) is 0 Å². The Hall–Kier alpha value is -2.12. The zero-order valence-electron chi connectivity index (χ0n) is 17.1. The maximum absolute atomic E-state index is 11.6. The SMILES string of the molecule is O=C(CCO)N[C@H]1CC[C@H](CCN2CCN(c3nccc4occc34)CC2)CC1. The Balaban J connectivity index is 1.17. The van der Waals surface area contributed by atoms with Gasteiger partial charge in [-0.2, -0.15) is 0 Å². The number of aromatic nitrogens is 1. The van der Waals surface area contributed by atoms with E-state index in [-0.39, 0.29) is 18.9 Å². The van der Waals surface area contributed by atoms with E-state index in [1.165, 1.54) is 19.3 Å². The van der Waals surface area contributed by atoms with E-state index in [4.69, 9.17) is 9.52 Å². The largest absolute Gasteiger partial charge is 0.464 e. The number of pyridine rings is 1. The van der Waals surface area contributed by atoms with E-state index in [2.05, 4.69) is 20.1 Å². The number of aliphatic hydroxyl groups excluding tert-OH is 1. The van der Waals surface area contributed by atoms with Gasteiger partial charge in [-0.15, -0.1) is 0 Å². The van der Waals surface area contributed by atoms with Crippen LogP contribution in [-0.2, 0) is 4.79 Å². The molecule has 158 valence electrons. The van der Waals surface area contributed by atoms with Gasteiger partial charge in [0, 0.05) is 44.8 Å². The molecule has 0 atom stereocenters. The number of furan rings is 1. The molecule has 1 aliphatic carbocycles. The van der Waals surface area contributed by atoms with E-state index in [1.54, 1.807) is 6.26 Å². The Kier molecular flexibility index (Phi) is 6.67. The number of hydrogen-bond acceptors (Lipinski definition) is 6. The molecule has 1 saturated carbocycles. The van der Waals surface area contributed by atoms with E-state index < -0.39 is 0 Å². The third kappa shape index (κ3) is 5.08. The van der Waals surface area contributed by atoms with E-state index in [0.717, 1.165) is 68.3 Å². The van der Waals surface area contributed by atoms with Crippen molar-refractivity contribution < 1.29 is 14.3 Å². The van der Waals surface area contributed by atoms with Crippen molar-refractivity contribution in [3.05, 3.63) is 24.6 Å². The molecule has 7 heteroatoms. The predicted octanol–water partition coefficient (Wildman–Crippen LogP) is 2.40. The van der Waals surface area contributed by atoms with Crippen molar-refractivity contribution in [3.8, 4) is 0 Å². The van der Waals surface area contributed by atoms with Crippen LogP contribution in [0.1, 0.15) is 38.5 Å². The summed E-state index contributed by atoms with van der Waals surface area (Å²) >= 11 is 0. The van der Waals surface area contributed by atoms with Gasteiger partial charge in [0.2, 0.25) is 5.91 Å². The average Bonchev–Trinajstić information content (AvgIpc) is 3.23. The Morgan fingerprint density at radius 2 is 1.97 bits per heavy atom. The number of amides is 1. The lowest BCUT2D eigenvalue weighted by Crippen LogP contribution is -2.47. The summed E-state index contributed by atoms with van der Waals surface area (Å²) in [7, 11) is 0. The maximum Gasteiger partial charge on any atom is 0.222 e. The number of rotatable bonds is 7. The van der Waals surface area contributed by atoms with Crippen molar-refractivity contribution in [2.75, 3.05) is 44.2 Å². The molecule has 1 amide bonds. The lowest BCUT2D eigenvalue weighted by Gasteiger charge is -2.37. The molecule has 4 rings (SSSR count). The third-order valence-electron chi connectivity index (χ3n) is 6.43. The van der Waals surface area contributed by atoms with Gasteiger partial charge in [0.05, 0.1) is 18.3 Å². The molecule has 2 fully saturated rings. The molecule has 0 radical (unpaired) electrons. The fraction of sp³-hybridized carbons (Fsp3) is 0.636. The number of fused-ring (bicyclic) bond motifs is 1. The summed E-state index contributed by atoms with van der Waals surface area (Å²) in [6.07, 6.45) is 9.54. The smallest absolute Gasteiger partial charge is 0.222 e. The van der Waals surface area contributed by atoms with Crippen LogP contribution in [0.4, 0.5) is 5.82 Å². The molecule has 1 aliphatic heterocycles. The standard InChI is InChI=1S/C22H32N4O3/c27-15-7-21(28)24-18-3-1-17(2-4-18)6-10-25-11-13-26(14-12-25)22-19-8-16-29-20(19)5-9-23-22/h5,8-9,16-18,27H,1-4,6-7,10-15H2,(H,24,28)/t17-,18-. The molecule has 0 aromatic carbocycles. The van der Waals surface area contributed by atoms with Gasteiger partial charge >= 0.3 is 0 Å². The average molecular weight is 401 g/mol. The quantitative estimate of drug-likeness (QED) is 0.743. The van der Waals surface area contributed by atoms with Crippen LogP contribution in [0, 0.1) is 5.92 Å². The molecule has 29 heavy (non-hydrogen) atoms. The van der Waals surface area contributed by atoms with Gasteiger partial charge in [0.25, 0.3) is 0 Å². The number of carbonyl (C=O) groups excluding carboxylic acids is 1. The van der Waals surface area contributed by atoms with E-state index in [1.807, 2.05) is 18.3 Å². The minimum Gasteiger partial charge on any atom is -0.464 e. The summed E-state index contributed by atoms with van der Waals surface area (Å²) in [5.74, 6) is 1.78. The van der Waals surface area contributed by atoms with Crippen molar-refractivity contribution in [2.24, 2.45) is 5.92 Å². The zero-order chi connectivity index (χ0) is 20.1. The Morgan fingerprint density at radius 3 is 2.72 bits per heavy atom. The molecular weight excluding hydrogens is 368 g/mol. The van der Waals surface area contributed by atoms with Crippen molar-refractivity contribution in [2.45, 2.75) is 44.6 Å². The summed E-state index contributed by atoms with van der Waals surface area (Å²) in [4.78, 5) is 21.1. The molecule has 2 N–H and O–H groups in total. The first-order chi connectivity index (χ1) is 14.2. The summed E-state index contributed by atoms with van der Waals surface area (Å²) < 4.78 is 5.51. The molecule has 3 heterocycles. The fourth-order valence-electron chi connectivity index (χ4n) is 4.68. The highest BCUT2D eigenvalue weighted by Crippen LogP contribution is 2.28. The van der Waals surface area contributed by atoms with Gasteiger partial charge in [-0.1, -0.05) is 0 Å². The second-order valence-corrected chi connectivity index (χ2v) is 8.34. The first kappa shape index (κ1) is 20.2. The van der Waals surface area contributed by atoms with E-state index in [0.29, 0.717) is 6.04 Å². The Morgan fingerprint density at radius 1 is 1.17 bits per heavy atom. The van der Waals surface area contributed by atoms with Crippen LogP contribution in [0.25, 0.3) is 11.0 Å². The summed E-state index contributed by atoms with van der Waals surface area (Å²) in [5, 5.41) is 13.0. The summed E-state index contributed by atoms with van der Waals surface area (Å²) in [6.45, 7) is 5.23. The second-order valence-electron chi connectivity index (χ2n) is 8.34. The molecule has 1 saturated heterocycles. The third-order valence-corrected chi connectivity index (χ3v) is 6.43. The minimum absolute atomic E-state index is 0.0191. The van der Waals surface area contributed by atoms with Crippen LogP contribution in [0.3, 0.4) is 0 Å². The molecular formula is C22H32N4O3. The monoisotopic (exact) mass is 400 g/mol. The molecule has 7 nitrogen and oxygen atoms in total. The first-order valence-electron chi connectivity index (χ1n) is 10.9. The van der Waals surface area contributed by atoms with Gasteiger partial charge in [-0.3, -0.25) is 9.69 Å². The number of carbonyl (C=O) groups is 1. The topological polar surface area (TPSA) is 81.8 Å². The highest BCUT2D eigenvalue weighted by Gasteiger charge is 2.24. The number of piperazine rings is 1. The van der Waals surface area contributed by atoms with Crippen molar-refractivity contribution in [1.29, 1.82) is 0 Å². The maximum atomic E-state index is 11.6. The Bertz CT molecular complexity index is 792. The van der Waals surface area contributed by atoms with E-state index in [9.17, 15) is 4.79 Å². The summed E-state index contributed by atoms with van der Waals surface area (Å²) in [6, 6.07) is 4.22. The van der Waals surface area contributed by atoms with Gasteiger partial charge in [-0.05, 0) is 56.7 Å². The lowest BCUT2D eigenvalue weighted by molar-refractivity contribution is -0.122. The number of hydrogen-bond donors (Lipinski definition) is 2. The number of nitrogens with zero attached hydrogens (tertiary/aromatic N) is 3. The number of aliphatic hydroxyl groups is 1. The zero-order valence-corrected chi connectivity index (χ0v) is 17.1. The van der Waals surface area contributed by atoms with Gasteiger partial charge in [0.1, 0.15) is 11.4 Å². The highest BCUT2D eigenvalue weighted by molar-refractivity contribution is 5.88. The fourth-order valence-corrected chi connectivity index (χ4v) is 4.68. The van der Waals surface area contributed by atoms with Crippen LogP contribution >= 0.6 is 0 Å². The molecule has 2 aromatic rings. The van der Waals surface area contributed by atoms with Crippen LogP contribution < -0.4 is 10.2 Å². The van der Waals surface area contributed by atoms with Crippen molar-refractivity contribution in [3.63, 3.8) is 0 Å². The molecule has 0 bridgehead atoms. The minimum atomic E-state index is -0.0677. The van der Waals surface area contributed by atoms with Gasteiger partial charge < -0.3 is 19.7 Å². The number of anilines is 1. The van der Waals surface area contributed by atoms with Gasteiger partial charge in [-0.25, -0.2) is 4.98 Å². The Labute approximate surface area is 172 Å². The molecule has 0 unspecified atom stereocenters. The summed E-state index contributed by atoms with van der Waals surface area (Å²) in [5.41, 5.74) is 0.903. The van der Waals surface area contributed by atoms with E-state index >= 15 is 0 Å². The molecule has 0 spiro atoms. The first-order valence-corrected chi connectivity index (χ1v) is 10.9. The normalized spacial score (nSPS) is 23.4. The van der Waals surface area contributed by atoms with Crippen LogP contribution in [0.2, 0.25) is 0 Å². The van der Waals surface area contributed by atoms with Crippen molar-refractivity contribution >= 4 is 22.7 Å². The number of nitrogens with one attached hydrogen (secondary N) is 1. The highest BCUT2D eigenvalue weighted by atomic mass is 16.3. The van der Waals surface area contributed by atoms with Crippen LogP contribution in [0.15, 0.2) is 29.0 Å². The van der Waals surface area contributed by atoms with Crippen LogP contribution in [0.5, 0.6) is 0 Å². The molecule has 2 aliphatic rings.